The zero-order valence-corrected chi connectivity index (χ0v) is 15.3. The van der Waals surface area contributed by atoms with Crippen molar-refractivity contribution in [2.24, 2.45) is 5.10 Å². The monoisotopic (exact) mass is 399 g/mol. The SMILES string of the molecule is COC(=O)c1ccc(Cl)c(-c2ccc(/C=N\Nc3ccc([N+](=O)[O-])cc3)o2)c1. The first kappa shape index (κ1) is 19.1. The van der Waals surface area contributed by atoms with Crippen LogP contribution in [-0.2, 0) is 4.74 Å². The van der Waals surface area contributed by atoms with Gasteiger partial charge in [-0.15, -0.1) is 0 Å². The third-order valence-corrected chi connectivity index (χ3v) is 4.07. The summed E-state index contributed by atoms with van der Waals surface area (Å²) in [7, 11) is 1.30. The minimum Gasteiger partial charge on any atom is -0.465 e. The summed E-state index contributed by atoms with van der Waals surface area (Å²) in [6.07, 6.45) is 1.45. The maximum Gasteiger partial charge on any atom is 0.337 e. The van der Waals surface area contributed by atoms with Crippen LogP contribution in [0, 0.1) is 10.1 Å². The minimum absolute atomic E-state index is 0.00345. The molecule has 0 fully saturated rings. The van der Waals surface area contributed by atoms with Crippen LogP contribution in [0.5, 0.6) is 0 Å². The van der Waals surface area contributed by atoms with Crippen molar-refractivity contribution in [3.8, 4) is 11.3 Å². The molecule has 0 amide bonds. The summed E-state index contributed by atoms with van der Waals surface area (Å²) in [5.74, 6) is 0.440. The van der Waals surface area contributed by atoms with Crippen LogP contribution in [-0.4, -0.2) is 24.2 Å². The number of nitro benzene ring substituents is 1. The van der Waals surface area contributed by atoms with Gasteiger partial charge in [-0.2, -0.15) is 5.10 Å². The molecule has 9 heteroatoms. The van der Waals surface area contributed by atoms with Gasteiger partial charge >= 0.3 is 5.97 Å². The van der Waals surface area contributed by atoms with Crippen molar-refractivity contribution < 1.29 is 18.9 Å². The number of carbonyl (C=O) groups is 1. The average molecular weight is 400 g/mol. The number of hydrogen-bond acceptors (Lipinski definition) is 7. The fraction of sp³-hybridized carbons (Fsp3) is 0.0526. The zero-order valence-electron chi connectivity index (χ0n) is 14.6. The molecule has 0 saturated carbocycles. The van der Waals surface area contributed by atoms with E-state index < -0.39 is 10.9 Å². The molecule has 1 N–H and O–H groups in total. The second-order valence-corrected chi connectivity index (χ2v) is 5.97. The molecular weight excluding hydrogens is 386 g/mol. The van der Waals surface area contributed by atoms with Crippen LogP contribution in [0.15, 0.2) is 64.1 Å². The highest BCUT2D eigenvalue weighted by Crippen LogP contribution is 2.30. The summed E-state index contributed by atoms with van der Waals surface area (Å²) in [6.45, 7) is 0. The second-order valence-electron chi connectivity index (χ2n) is 5.56. The molecule has 0 aliphatic carbocycles. The number of nitro groups is 1. The Kier molecular flexibility index (Phi) is 5.71. The summed E-state index contributed by atoms with van der Waals surface area (Å²) >= 11 is 6.20. The Hall–Kier alpha value is -3.65. The molecule has 1 aromatic heterocycles. The zero-order chi connectivity index (χ0) is 20.1. The average Bonchev–Trinajstić information content (AvgIpc) is 3.16. The number of benzene rings is 2. The lowest BCUT2D eigenvalue weighted by Gasteiger charge is -2.04. The molecule has 0 radical (unpaired) electrons. The van der Waals surface area contributed by atoms with E-state index in [-0.39, 0.29) is 5.69 Å². The summed E-state index contributed by atoms with van der Waals surface area (Å²) in [5.41, 5.74) is 4.24. The van der Waals surface area contributed by atoms with E-state index in [9.17, 15) is 14.9 Å². The molecule has 0 bridgehead atoms. The van der Waals surface area contributed by atoms with Crippen molar-refractivity contribution in [3.63, 3.8) is 0 Å². The van der Waals surface area contributed by atoms with Gasteiger partial charge in [-0.1, -0.05) is 11.6 Å². The highest BCUT2D eigenvalue weighted by molar-refractivity contribution is 6.33. The van der Waals surface area contributed by atoms with E-state index in [1.165, 1.54) is 25.5 Å². The molecular formula is C19H14ClN3O5. The molecule has 0 aliphatic rings. The summed E-state index contributed by atoms with van der Waals surface area (Å²) in [5, 5.41) is 15.1. The van der Waals surface area contributed by atoms with Gasteiger partial charge < -0.3 is 9.15 Å². The molecule has 28 heavy (non-hydrogen) atoms. The number of non-ortho nitro benzene ring substituents is 1. The normalized spacial score (nSPS) is 10.8. The number of esters is 1. The number of methoxy groups -OCH3 is 1. The van der Waals surface area contributed by atoms with Gasteiger partial charge in [0.15, 0.2) is 0 Å². The maximum atomic E-state index is 11.7. The fourth-order valence-electron chi connectivity index (χ4n) is 2.35. The number of nitrogens with zero attached hydrogens (tertiary/aromatic N) is 2. The lowest BCUT2D eigenvalue weighted by Crippen LogP contribution is -2.01. The van der Waals surface area contributed by atoms with E-state index in [0.717, 1.165) is 0 Å². The molecule has 3 rings (SSSR count). The van der Waals surface area contributed by atoms with Gasteiger partial charge in [0, 0.05) is 17.7 Å². The first-order chi connectivity index (χ1) is 13.5. The van der Waals surface area contributed by atoms with Crippen LogP contribution >= 0.6 is 11.6 Å². The Morgan fingerprint density at radius 3 is 2.64 bits per heavy atom. The quantitative estimate of drug-likeness (QED) is 0.277. The maximum absolute atomic E-state index is 11.7. The standard InChI is InChI=1S/C19H14ClN3O5/c1-27-19(24)12-2-8-17(20)16(10-12)18-9-7-15(28-18)11-21-22-13-3-5-14(6-4-13)23(25)26/h2-11,22H,1H3/b21-11-. The van der Waals surface area contributed by atoms with Crippen molar-refractivity contribution in [2.45, 2.75) is 0 Å². The van der Waals surface area contributed by atoms with Crippen LogP contribution in [0.25, 0.3) is 11.3 Å². The Morgan fingerprint density at radius 1 is 1.21 bits per heavy atom. The Balaban J connectivity index is 1.73. The van der Waals surface area contributed by atoms with Gasteiger partial charge in [0.05, 0.1) is 34.5 Å². The number of anilines is 1. The largest absolute Gasteiger partial charge is 0.465 e. The Bertz CT molecular complexity index is 1040. The molecule has 8 nitrogen and oxygen atoms in total. The molecule has 0 spiro atoms. The lowest BCUT2D eigenvalue weighted by molar-refractivity contribution is -0.384. The highest BCUT2D eigenvalue weighted by atomic mass is 35.5. The van der Waals surface area contributed by atoms with Crippen LogP contribution in [0.2, 0.25) is 5.02 Å². The topological polar surface area (TPSA) is 107 Å². The van der Waals surface area contributed by atoms with E-state index in [1.807, 2.05) is 0 Å². The summed E-state index contributed by atoms with van der Waals surface area (Å²) in [6, 6.07) is 14.0. The van der Waals surface area contributed by atoms with E-state index in [4.69, 9.17) is 20.8 Å². The summed E-state index contributed by atoms with van der Waals surface area (Å²) < 4.78 is 10.4. The van der Waals surface area contributed by atoms with Gasteiger partial charge in [0.1, 0.15) is 11.5 Å². The fourth-order valence-corrected chi connectivity index (χ4v) is 2.56. The summed E-state index contributed by atoms with van der Waals surface area (Å²) in [4.78, 5) is 21.8. The van der Waals surface area contributed by atoms with Crippen molar-refractivity contribution in [1.29, 1.82) is 0 Å². The molecule has 1 heterocycles. The van der Waals surface area contributed by atoms with Gasteiger partial charge in [0.25, 0.3) is 5.69 Å². The molecule has 3 aromatic rings. The first-order valence-corrected chi connectivity index (χ1v) is 8.37. The van der Waals surface area contributed by atoms with E-state index in [2.05, 4.69) is 10.5 Å². The number of halogens is 1. The molecule has 0 saturated heterocycles. The number of rotatable bonds is 6. The third-order valence-electron chi connectivity index (χ3n) is 3.74. The van der Waals surface area contributed by atoms with E-state index in [1.54, 1.807) is 42.5 Å². The Morgan fingerprint density at radius 2 is 1.96 bits per heavy atom. The van der Waals surface area contributed by atoms with Crippen molar-refractivity contribution in [2.75, 3.05) is 12.5 Å². The van der Waals surface area contributed by atoms with Crippen LogP contribution < -0.4 is 5.43 Å². The number of ether oxygens (including phenoxy) is 1. The predicted molar refractivity (Wildman–Crippen MR) is 105 cm³/mol. The second kappa shape index (κ2) is 8.36. The number of hydrazone groups is 1. The van der Waals surface area contributed by atoms with Gasteiger partial charge in [0.2, 0.25) is 0 Å². The van der Waals surface area contributed by atoms with E-state index >= 15 is 0 Å². The number of hydrogen-bond donors (Lipinski definition) is 1. The molecule has 0 aliphatic heterocycles. The Labute approximate surface area is 164 Å². The lowest BCUT2D eigenvalue weighted by atomic mass is 10.1. The number of carbonyl (C=O) groups excluding carboxylic acids is 1. The molecule has 0 atom stereocenters. The van der Waals surface area contributed by atoms with Gasteiger partial charge in [-0.3, -0.25) is 15.5 Å². The first-order valence-electron chi connectivity index (χ1n) is 7.99. The molecule has 2 aromatic carbocycles. The highest BCUT2D eigenvalue weighted by Gasteiger charge is 2.13. The minimum atomic E-state index is -0.474. The van der Waals surface area contributed by atoms with Crippen LogP contribution in [0.3, 0.4) is 0 Å². The van der Waals surface area contributed by atoms with E-state index in [0.29, 0.717) is 33.4 Å². The molecule has 0 unspecified atom stereocenters. The smallest absolute Gasteiger partial charge is 0.337 e. The van der Waals surface area contributed by atoms with Crippen molar-refractivity contribution in [3.05, 3.63) is 81.1 Å². The van der Waals surface area contributed by atoms with Crippen molar-refractivity contribution in [1.82, 2.24) is 0 Å². The van der Waals surface area contributed by atoms with Crippen LogP contribution in [0.4, 0.5) is 11.4 Å². The third kappa shape index (κ3) is 4.36. The van der Waals surface area contributed by atoms with Crippen LogP contribution in [0.1, 0.15) is 16.1 Å². The van der Waals surface area contributed by atoms with Gasteiger partial charge in [-0.05, 0) is 42.5 Å². The van der Waals surface area contributed by atoms with Gasteiger partial charge in [-0.25, -0.2) is 4.79 Å². The van der Waals surface area contributed by atoms with Crippen molar-refractivity contribution >= 4 is 35.2 Å². The number of furan rings is 1. The molecule has 142 valence electrons. The number of nitrogens with one attached hydrogen (secondary N) is 1. The predicted octanol–water partition coefficient (Wildman–Crippen LogP) is 4.74.